The molecule has 0 unspecified atom stereocenters. The molecule has 5 rings (SSSR count). The van der Waals surface area contributed by atoms with Gasteiger partial charge in [0.05, 0.1) is 0 Å². The summed E-state index contributed by atoms with van der Waals surface area (Å²) in [7, 11) is 0. The average Bonchev–Trinajstić information content (AvgIpc) is 3.12. The van der Waals surface area contributed by atoms with Gasteiger partial charge >= 0.3 is 11.9 Å². The quantitative estimate of drug-likeness (QED) is 0.0761. The molecule has 0 amide bonds. The van der Waals surface area contributed by atoms with Crippen molar-refractivity contribution in [3.8, 4) is 0 Å². The van der Waals surface area contributed by atoms with E-state index in [2.05, 4.69) is 96.9 Å². The van der Waals surface area contributed by atoms with Crippen molar-refractivity contribution in [3.63, 3.8) is 0 Å². The molecule has 0 atom stereocenters. The van der Waals surface area contributed by atoms with Gasteiger partial charge in [0.15, 0.2) is 0 Å². The third-order valence-electron chi connectivity index (χ3n) is 7.39. The minimum absolute atomic E-state index is 0.176. The molecule has 228 valence electrons. The Morgan fingerprint density at radius 1 is 0.543 bits per heavy atom. The van der Waals surface area contributed by atoms with Crippen LogP contribution < -0.4 is 4.90 Å². The van der Waals surface area contributed by atoms with Gasteiger partial charge in [-0.15, -0.1) is 0 Å². The van der Waals surface area contributed by atoms with Gasteiger partial charge in [0.1, 0.15) is 13.2 Å². The summed E-state index contributed by atoms with van der Waals surface area (Å²) >= 11 is 0. The molecule has 0 bridgehead atoms. The highest BCUT2D eigenvalue weighted by atomic mass is 16.5. The molecule has 0 saturated heterocycles. The van der Waals surface area contributed by atoms with Crippen molar-refractivity contribution in [2.75, 3.05) is 4.90 Å². The highest BCUT2D eigenvalue weighted by Crippen LogP contribution is 2.31. The van der Waals surface area contributed by atoms with E-state index in [0.717, 1.165) is 62.5 Å². The van der Waals surface area contributed by atoms with E-state index in [1.807, 2.05) is 60.7 Å². The summed E-state index contributed by atoms with van der Waals surface area (Å²) < 4.78 is 10.4. The Balaban J connectivity index is 1.43. The van der Waals surface area contributed by atoms with Gasteiger partial charge in [0.25, 0.3) is 0 Å². The predicted molar refractivity (Wildman–Crippen MR) is 185 cm³/mol. The second-order valence-corrected chi connectivity index (χ2v) is 10.6. The largest absolute Gasteiger partial charge is 0.458 e. The Hall–Kier alpha value is -5.94. The van der Waals surface area contributed by atoms with Crippen LogP contribution in [0.4, 0.5) is 11.4 Å². The van der Waals surface area contributed by atoms with Gasteiger partial charge < -0.3 is 14.4 Å². The molecule has 0 N–H and O–H groups in total. The van der Waals surface area contributed by atoms with Gasteiger partial charge in [-0.3, -0.25) is 0 Å². The molecule has 0 aliphatic rings. The molecule has 5 aromatic carbocycles. The number of hydrogen-bond donors (Lipinski definition) is 0. The van der Waals surface area contributed by atoms with Crippen LogP contribution in [-0.4, -0.2) is 11.9 Å². The molecule has 0 heterocycles. The molecular weight excluding hydrogens is 570 g/mol. The van der Waals surface area contributed by atoms with Crippen molar-refractivity contribution in [2.45, 2.75) is 19.8 Å². The molecule has 0 aliphatic carbocycles. The standard InChI is InChI=1S/C41H35NO4/c1-3-40(43)45-29-33-17-15-32(16-18-33)28-42(38-25-21-34(22-26-38)30-46-41(44)4-2)37-23-19-31(20-24-37)27-39(35-11-7-5-8-12-35)36-13-9-6-10-14-36/h3-27H,1-2,28-30H2. The van der Waals surface area contributed by atoms with E-state index < -0.39 is 11.9 Å². The summed E-state index contributed by atoms with van der Waals surface area (Å²) in [4.78, 5) is 25.2. The normalized spacial score (nSPS) is 10.3. The average molecular weight is 606 g/mol. The summed E-state index contributed by atoms with van der Waals surface area (Å²) in [6, 6.07) is 45.3. The van der Waals surface area contributed by atoms with Gasteiger partial charge in [0, 0.05) is 30.1 Å². The summed E-state index contributed by atoms with van der Waals surface area (Å²) in [5, 5.41) is 0. The summed E-state index contributed by atoms with van der Waals surface area (Å²) in [5.74, 6) is -0.902. The van der Waals surface area contributed by atoms with Gasteiger partial charge in [-0.05, 0) is 69.3 Å². The Morgan fingerprint density at radius 3 is 1.41 bits per heavy atom. The molecule has 0 radical (unpaired) electrons. The number of carbonyl (C=O) groups excluding carboxylic acids is 2. The first-order valence-corrected chi connectivity index (χ1v) is 15.0. The first kappa shape index (κ1) is 31.5. The van der Waals surface area contributed by atoms with Crippen molar-refractivity contribution >= 4 is 35.0 Å². The monoisotopic (exact) mass is 605 g/mol. The molecule has 5 aromatic rings. The van der Waals surface area contributed by atoms with Crippen LogP contribution in [0.5, 0.6) is 0 Å². The maximum atomic E-state index is 11.5. The van der Waals surface area contributed by atoms with Crippen molar-refractivity contribution in [3.05, 3.63) is 192 Å². The second kappa shape index (κ2) is 15.7. The van der Waals surface area contributed by atoms with Gasteiger partial charge in [-0.25, -0.2) is 9.59 Å². The minimum Gasteiger partial charge on any atom is -0.458 e. The summed E-state index contributed by atoms with van der Waals surface area (Å²) in [6.07, 6.45) is 4.54. The number of esters is 2. The van der Waals surface area contributed by atoms with E-state index >= 15 is 0 Å². The van der Waals surface area contributed by atoms with E-state index in [1.165, 1.54) is 0 Å². The van der Waals surface area contributed by atoms with Crippen LogP contribution in [0.3, 0.4) is 0 Å². The smallest absolute Gasteiger partial charge is 0.330 e. The van der Waals surface area contributed by atoms with E-state index in [0.29, 0.717) is 6.54 Å². The topological polar surface area (TPSA) is 55.8 Å². The zero-order chi connectivity index (χ0) is 32.1. The highest BCUT2D eigenvalue weighted by Gasteiger charge is 2.12. The fourth-order valence-electron chi connectivity index (χ4n) is 4.94. The molecule has 46 heavy (non-hydrogen) atoms. The van der Waals surface area contributed by atoms with E-state index in [4.69, 9.17) is 9.47 Å². The van der Waals surface area contributed by atoms with Gasteiger partial charge in [-0.2, -0.15) is 0 Å². The van der Waals surface area contributed by atoms with E-state index in [1.54, 1.807) is 0 Å². The first-order valence-electron chi connectivity index (χ1n) is 15.0. The van der Waals surface area contributed by atoms with Crippen molar-refractivity contribution in [2.24, 2.45) is 0 Å². The Bertz CT molecular complexity index is 1750. The van der Waals surface area contributed by atoms with Gasteiger partial charge in [0.2, 0.25) is 0 Å². The van der Waals surface area contributed by atoms with Crippen LogP contribution in [-0.2, 0) is 38.8 Å². The van der Waals surface area contributed by atoms with Crippen LogP contribution in [0.2, 0.25) is 0 Å². The lowest BCUT2D eigenvalue weighted by Crippen LogP contribution is -2.16. The molecule has 5 heteroatoms. The van der Waals surface area contributed by atoms with Crippen LogP contribution in [0.1, 0.15) is 33.4 Å². The van der Waals surface area contributed by atoms with Crippen LogP contribution in [0.15, 0.2) is 159 Å². The molecular formula is C41H35NO4. The lowest BCUT2D eigenvalue weighted by Gasteiger charge is -2.26. The van der Waals surface area contributed by atoms with E-state index in [9.17, 15) is 9.59 Å². The zero-order valence-corrected chi connectivity index (χ0v) is 25.5. The second-order valence-electron chi connectivity index (χ2n) is 10.6. The molecule has 5 nitrogen and oxygen atoms in total. The SMILES string of the molecule is C=CC(=O)OCc1ccc(CN(c2ccc(C=C(c3ccccc3)c3ccccc3)cc2)c2ccc(COC(=O)C=C)cc2)cc1. The number of rotatable bonds is 13. The molecule has 0 aromatic heterocycles. The maximum absolute atomic E-state index is 11.5. The lowest BCUT2D eigenvalue weighted by atomic mass is 9.95. The molecule has 0 fully saturated rings. The Labute approximate surface area is 270 Å². The zero-order valence-electron chi connectivity index (χ0n) is 25.5. The Morgan fingerprint density at radius 2 is 0.957 bits per heavy atom. The van der Waals surface area contributed by atoms with Crippen LogP contribution in [0.25, 0.3) is 11.6 Å². The maximum Gasteiger partial charge on any atom is 0.330 e. The number of carbonyl (C=O) groups is 2. The fourth-order valence-corrected chi connectivity index (χ4v) is 4.94. The van der Waals surface area contributed by atoms with Crippen LogP contribution >= 0.6 is 0 Å². The number of ether oxygens (including phenoxy) is 2. The summed E-state index contributed by atoms with van der Waals surface area (Å²) in [5.41, 5.74) is 9.42. The number of benzene rings is 5. The number of nitrogens with zero attached hydrogens (tertiary/aromatic N) is 1. The lowest BCUT2D eigenvalue weighted by molar-refractivity contribution is -0.139. The van der Waals surface area contributed by atoms with Gasteiger partial charge in [-0.1, -0.05) is 122 Å². The number of hydrogen-bond acceptors (Lipinski definition) is 5. The molecule has 0 aliphatic heterocycles. The predicted octanol–water partition coefficient (Wildman–Crippen LogP) is 9.07. The van der Waals surface area contributed by atoms with Crippen molar-refractivity contribution in [1.29, 1.82) is 0 Å². The van der Waals surface area contributed by atoms with Crippen molar-refractivity contribution in [1.82, 2.24) is 0 Å². The minimum atomic E-state index is -0.453. The van der Waals surface area contributed by atoms with Crippen molar-refractivity contribution < 1.29 is 19.1 Å². The summed E-state index contributed by atoms with van der Waals surface area (Å²) in [6.45, 7) is 7.86. The third kappa shape index (κ3) is 8.58. The first-order chi connectivity index (χ1) is 22.5. The molecule has 0 spiro atoms. The highest BCUT2D eigenvalue weighted by molar-refractivity contribution is 5.91. The number of anilines is 2. The van der Waals surface area contributed by atoms with E-state index in [-0.39, 0.29) is 13.2 Å². The molecule has 0 saturated carbocycles. The van der Waals surface area contributed by atoms with Crippen LogP contribution in [0, 0.1) is 0 Å². The fraction of sp³-hybridized carbons (Fsp3) is 0.0732. The third-order valence-corrected chi connectivity index (χ3v) is 7.39. The Kier molecular flexibility index (Phi) is 10.7.